The van der Waals surface area contributed by atoms with E-state index < -0.39 is 0 Å². The molecule has 0 aliphatic rings. The van der Waals surface area contributed by atoms with Gasteiger partial charge in [-0.1, -0.05) is 0 Å². The third-order valence-corrected chi connectivity index (χ3v) is 4.34. The van der Waals surface area contributed by atoms with Crippen LogP contribution >= 0.6 is 11.3 Å². The highest BCUT2D eigenvalue weighted by atomic mass is 32.1. The minimum absolute atomic E-state index is 0.785. The Morgan fingerprint density at radius 2 is 1.58 bits per heavy atom. The summed E-state index contributed by atoms with van der Waals surface area (Å²) in [7, 11) is 0. The smallest absolute Gasteiger partial charge is 0.159 e. The third kappa shape index (κ3) is 2.12. The summed E-state index contributed by atoms with van der Waals surface area (Å²) in [5.74, 6) is 0.785. The van der Waals surface area contributed by atoms with E-state index in [1.54, 1.807) is 11.3 Å². The zero-order valence-electron chi connectivity index (χ0n) is 11.5. The lowest BCUT2D eigenvalue weighted by molar-refractivity contribution is 1.02. The molecule has 19 heavy (non-hydrogen) atoms. The highest BCUT2D eigenvalue weighted by molar-refractivity contribution is 7.18. The molecular formula is C15H15N3S. The molecule has 0 N–H and O–H groups in total. The molecule has 0 aliphatic carbocycles. The molecular weight excluding hydrogens is 254 g/mol. The van der Waals surface area contributed by atoms with E-state index in [1.165, 1.54) is 4.70 Å². The molecule has 3 rings (SSSR count). The molecule has 96 valence electrons. The monoisotopic (exact) mass is 269 g/mol. The Hall–Kier alpha value is -1.81. The van der Waals surface area contributed by atoms with Crippen molar-refractivity contribution in [2.24, 2.45) is 0 Å². The van der Waals surface area contributed by atoms with Crippen molar-refractivity contribution in [1.82, 2.24) is 15.0 Å². The molecule has 0 unspecified atom stereocenters. The quantitative estimate of drug-likeness (QED) is 0.670. The van der Waals surface area contributed by atoms with Crippen LogP contribution < -0.4 is 0 Å². The molecule has 0 fully saturated rings. The van der Waals surface area contributed by atoms with Crippen LogP contribution in [0.1, 0.15) is 22.0 Å². The highest BCUT2D eigenvalue weighted by Crippen LogP contribution is 2.26. The van der Waals surface area contributed by atoms with Crippen molar-refractivity contribution in [2.75, 3.05) is 0 Å². The van der Waals surface area contributed by atoms with Crippen molar-refractivity contribution in [3.8, 4) is 11.4 Å². The summed E-state index contributed by atoms with van der Waals surface area (Å²) < 4.78 is 1.21. The molecule has 0 bridgehead atoms. The lowest BCUT2D eigenvalue weighted by Crippen LogP contribution is -1.98. The Labute approximate surface area is 116 Å². The van der Waals surface area contributed by atoms with E-state index in [1.807, 2.05) is 20.8 Å². The lowest BCUT2D eigenvalue weighted by atomic mass is 10.1. The van der Waals surface area contributed by atoms with E-state index in [0.29, 0.717) is 0 Å². The summed E-state index contributed by atoms with van der Waals surface area (Å²) >= 11 is 1.71. The number of aryl methyl sites for hydroxylation is 3. The predicted octanol–water partition coefficient (Wildman–Crippen LogP) is 3.99. The van der Waals surface area contributed by atoms with Gasteiger partial charge in [0.05, 0.1) is 15.2 Å². The first kappa shape index (κ1) is 12.2. The Morgan fingerprint density at radius 3 is 2.26 bits per heavy atom. The summed E-state index contributed by atoms with van der Waals surface area (Å²) in [4.78, 5) is 13.7. The third-order valence-electron chi connectivity index (χ3n) is 3.39. The molecule has 2 heterocycles. The van der Waals surface area contributed by atoms with Gasteiger partial charge in [0.1, 0.15) is 0 Å². The Balaban J connectivity index is 2.18. The highest BCUT2D eigenvalue weighted by Gasteiger charge is 2.09. The van der Waals surface area contributed by atoms with Crippen LogP contribution in [0.3, 0.4) is 0 Å². The van der Waals surface area contributed by atoms with Gasteiger partial charge in [-0.05, 0) is 51.5 Å². The van der Waals surface area contributed by atoms with Crippen LogP contribution in [0.2, 0.25) is 0 Å². The van der Waals surface area contributed by atoms with E-state index >= 15 is 0 Å². The molecule has 2 aromatic heterocycles. The van der Waals surface area contributed by atoms with E-state index in [0.717, 1.165) is 38.9 Å². The van der Waals surface area contributed by atoms with Crippen molar-refractivity contribution in [1.29, 1.82) is 0 Å². The molecule has 0 radical (unpaired) electrons. The fraction of sp³-hybridized carbons (Fsp3) is 0.267. The second kappa shape index (κ2) is 4.38. The van der Waals surface area contributed by atoms with Gasteiger partial charge < -0.3 is 0 Å². The molecule has 0 aliphatic heterocycles. The fourth-order valence-corrected chi connectivity index (χ4v) is 2.89. The molecule has 1 aromatic carbocycles. The molecule has 4 heteroatoms. The van der Waals surface area contributed by atoms with E-state index in [2.05, 4.69) is 40.1 Å². The van der Waals surface area contributed by atoms with Gasteiger partial charge in [-0.3, -0.25) is 0 Å². The number of rotatable bonds is 1. The number of hydrogen-bond donors (Lipinski definition) is 0. The standard InChI is InChI=1S/C15H15N3S/c1-8-9(2)16-15(17-10(8)3)12-5-6-14-13(7-12)18-11(4)19-14/h5-7H,1-4H3. The number of aromatic nitrogens is 3. The average Bonchev–Trinajstić information content (AvgIpc) is 2.74. The predicted molar refractivity (Wildman–Crippen MR) is 79.6 cm³/mol. The van der Waals surface area contributed by atoms with Gasteiger partial charge in [-0.2, -0.15) is 0 Å². The van der Waals surface area contributed by atoms with Crippen LogP contribution in [0.5, 0.6) is 0 Å². The van der Waals surface area contributed by atoms with Crippen molar-refractivity contribution >= 4 is 21.6 Å². The zero-order chi connectivity index (χ0) is 13.6. The second-order valence-electron chi connectivity index (χ2n) is 4.76. The van der Waals surface area contributed by atoms with Crippen LogP contribution in [-0.4, -0.2) is 15.0 Å². The van der Waals surface area contributed by atoms with Gasteiger partial charge in [0, 0.05) is 17.0 Å². The normalized spacial score (nSPS) is 11.2. The molecule has 3 aromatic rings. The van der Waals surface area contributed by atoms with E-state index in [-0.39, 0.29) is 0 Å². The maximum Gasteiger partial charge on any atom is 0.159 e. The summed E-state index contributed by atoms with van der Waals surface area (Å²) in [6.45, 7) is 8.14. The number of thiazole rings is 1. The molecule has 0 amide bonds. The average molecular weight is 269 g/mol. The number of nitrogens with zero attached hydrogens (tertiary/aromatic N) is 3. The van der Waals surface area contributed by atoms with Crippen LogP contribution in [-0.2, 0) is 0 Å². The van der Waals surface area contributed by atoms with Gasteiger partial charge in [-0.15, -0.1) is 11.3 Å². The molecule has 3 nitrogen and oxygen atoms in total. The zero-order valence-corrected chi connectivity index (χ0v) is 12.3. The minimum atomic E-state index is 0.785. The van der Waals surface area contributed by atoms with Crippen LogP contribution in [0, 0.1) is 27.7 Å². The largest absolute Gasteiger partial charge is 0.241 e. The van der Waals surface area contributed by atoms with Gasteiger partial charge in [0.15, 0.2) is 5.82 Å². The molecule has 0 atom stereocenters. The van der Waals surface area contributed by atoms with Crippen molar-refractivity contribution in [3.05, 3.63) is 40.2 Å². The Kier molecular flexibility index (Phi) is 2.82. The fourth-order valence-electron chi connectivity index (χ4n) is 2.08. The first-order chi connectivity index (χ1) is 9.04. The van der Waals surface area contributed by atoms with Crippen molar-refractivity contribution < 1.29 is 0 Å². The maximum atomic E-state index is 4.58. The first-order valence-electron chi connectivity index (χ1n) is 6.24. The summed E-state index contributed by atoms with van der Waals surface area (Å²) in [6.07, 6.45) is 0. The molecule has 0 spiro atoms. The number of hydrogen-bond acceptors (Lipinski definition) is 4. The summed E-state index contributed by atoms with van der Waals surface area (Å²) in [5.41, 5.74) is 5.30. The maximum absolute atomic E-state index is 4.58. The SMILES string of the molecule is Cc1nc2cc(-c3nc(C)c(C)c(C)n3)ccc2s1. The van der Waals surface area contributed by atoms with Crippen molar-refractivity contribution in [2.45, 2.75) is 27.7 Å². The minimum Gasteiger partial charge on any atom is -0.241 e. The van der Waals surface area contributed by atoms with Crippen molar-refractivity contribution in [3.63, 3.8) is 0 Å². The summed E-state index contributed by atoms with van der Waals surface area (Å²) in [5, 5.41) is 1.09. The van der Waals surface area contributed by atoms with Crippen LogP contribution in [0.15, 0.2) is 18.2 Å². The van der Waals surface area contributed by atoms with Gasteiger partial charge >= 0.3 is 0 Å². The summed E-state index contributed by atoms with van der Waals surface area (Å²) in [6, 6.07) is 6.25. The van der Waals surface area contributed by atoms with E-state index in [9.17, 15) is 0 Å². The number of benzene rings is 1. The lowest BCUT2D eigenvalue weighted by Gasteiger charge is -2.07. The van der Waals surface area contributed by atoms with Crippen LogP contribution in [0.25, 0.3) is 21.6 Å². The number of fused-ring (bicyclic) bond motifs is 1. The Bertz CT molecular complexity index is 751. The molecule has 0 saturated carbocycles. The van der Waals surface area contributed by atoms with Gasteiger partial charge in [-0.25, -0.2) is 15.0 Å². The van der Waals surface area contributed by atoms with Gasteiger partial charge in [0.2, 0.25) is 0 Å². The molecule has 0 saturated heterocycles. The second-order valence-corrected chi connectivity index (χ2v) is 5.99. The van der Waals surface area contributed by atoms with Crippen LogP contribution in [0.4, 0.5) is 0 Å². The van der Waals surface area contributed by atoms with E-state index in [4.69, 9.17) is 0 Å². The Morgan fingerprint density at radius 1 is 0.895 bits per heavy atom. The van der Waals surface area contributed by atoms with Gasteiger partial charge in [0.25, 0.3) is 0 Å². The topological polar surface area (TPSA) is 38.7 Å². The first-order valence-corrected chi connectivity index (χ1v) is 7.05.